The Bertz CT molecular complexity index is 727. The minimum absolute atomic E-state index is 0.808. The van der Waals surface area contributed by atoms with Crippen molar-refractivity contribution in [1.82, 2.24) is 15.5 Å². The van der Waals surface area contributed by atoms with Crippen molar-refractivity contribution in [2.45, 2.75) is 33.2 Å². The van der Waals surface area contributed by atoms with Crippen LogP contribution in [0, 0.1) is 0 Å². The zero-order chi connectivity index (χ0) is 14.7. The van der Waals surface area contributed by atoms with Gasteiger partial charge in [0.25, 0.3) is 0 Å². The van der Waals surface area contributed by atoms with Crippen molar-refractivity contribution in [2.75, 3.05) is 6.54 Å². The van der Waals surface area contributed by atoms with Crippen LogP contribution in [0.2, 0.25) is 0 Å². The van der Waals surface area contributed by atoms with E-state index in [1.165, 1.54) is 10.9 Å². The van der Waals surface area contributed by atoms with E-state index in [2.05, 4.69) is 41.5 Å². The molecular weight excluding hydrogens is 262 g/mol. The van der Waals surface area contributed by atoms with E-state index in [4.69, 9.17) is 4.42 Å². The molecule has 2 aromatic heterocycles. The van der Waals surface area contributed by atoms with Gasteiger partial charge in [-0.2, -0.15) is 5.10 Å². The van der Waals surface area contributed by atoms with Crippen molar-refractivity contribution in [3.05, 3.63) is 41.6 Å². The molecule has 0 amide bonds. The molecule has 0 radical (unpaired) electrons. The van der Waals surface area contributed by atoms with E-state index < -0.39 is 0 Å². The first kappa shape index (κ1) is 13.9. The largest absolute Gasteiger partial charge is 0.454 e. The fourth-order valence-electron chi connectivity index (χ4n) is 2.63. The van der Waals surface area contributed by atoms with Crippen molar-refractivity contribution in [1.29, 1.82) is 0 Å². The Hall–Kier alpha value is -2.07. The van der Waals surface area contributed by atoms with Crippen LogP contribution in [-0.2, 0) is 13.0 Å². The van der Waals surface area contributed by atoms with Gasteiger partial charge >= 0.3 is 0 Å². The Morgan fingerprint density at radius 1 is 1.24 bits per heavy atom. The fourth-order valence-corrected chi connectivity index (χ4v) is 2.63. The van der Waals surface area contributed by atoms with E-state index in [0.29, 0.717) is 0 Å². The normalized spacial score (nSPS) is 11.3. The Morgan fingerprint density at radius 3 is 2.90 bits per heavy atom. The standard InChI is InChI=1S/C17H21N3O/c1-3-9-18-11-12-10-15(20-19-12)17-13(4-2)14-7-5-6-8-16(14)21-17/h5-8,10,18H,3-4,9,11H2,1-2H3,(H,19,20). The SMILES string of the molecule is CCCNCc1cc(-c2oc3ccccc3c2CC)n[nH]1. The lowest BCUT2D eigenvalue weighted by Crippen LogP contribution is -2.13. The molecule has 2 heterocycles. The summed E-state index contributed by atoms with van der Waals surface area (Å²) in [4.78, 5) is 0. The number of aryl methyl sites for hydroxylation is 1. The van der Waals surface area contributed by atoms with Crippen molar-refractivity contribution < 1.29 is 4.42 Å². The highest BCUT2D eigenvalue weighted by Gasteiger charge is 2.16. The number of H-pyrrole nitrogens is 1. The van der Waals surface area contributed by atoms with E-state index in [-0.39, 0.29) is 0 Å². The lowest BCUT2D eigenvalue weighted by Gasteiger charge is -1.98. The van der Waals surface area contributed by atoms with E-state index in [0.717, 1.165) is 48.7 Å². The number of benzene rings is 1. The molecule has 0 aliphatic carbocycles. The maximum atomic E-state index is 6.01. The first-order valence-electron chi connectivity index (χ1n) is 7.59. The molecule has 0 spiro atoms. The third-order valence-electron chi connectivity index (χ3n) is 3.66. The monoisotopic (exact) mass is 283 g/mol. The highest BCUT2D eigenvalue weighted by atomic mass is 16.3. The summed E-state index contributed by atoms with van der Waals surface area (Å²) in [5, 5.41) is 12.1. The van der Waals surface area contributed by atoms with Crippen LogP contribution in [0.5, 0.6) is 0 Å². The molecule has 0 unspecified atom stereocenters. The highest BCUT2D eigenvalue weighted by molar-refractivity contribution is 5.87. The maximum Gasteiger partial charge on any atom is 0.158 e. The number of aromatic nitrogens is 2. The van der Waals surface area contributed by atoms with Crippen LogP contribution in [0.1, 0.15) is 31.5 Å². The van der Waals surface area contributed by atoms with Crippen LogP contribution < -0.4 is 5.32 Å². The van der Waals surface area contributed by atoms with Gasteiger partial charge in [-0.3, -0.25) is 5.10 Å². The molecule has 3 aromatic rings. The van der Waals surface area contributed by atoms with Crippen molar-refractivity contribution in [3.8, 4) is 11.5 Å². The third-order valence-corrected chi connectivity index (χ3v) is 3.66. The zero-order valence-electron chi connectivity index (χ0n) is 12.6. The lowest BCUT2D eigenvalue weighted by molar-refractivity contribution is 0.624. The van der Waals surface area contributed by atoms with Gasteiger partial charge in [0, 0.05) is 23.2 Å². The second-order valence-electron chi connectivity index (χ2n) is 5.21. The van der Waals surface area contributed by atoms with Crippen LogP contribution in [0.4, 0.5) is 0 Å². The minimum Gasteiger partial charge on any atom is -0.454 e. The van der Waals surface area contributed by atoms with Crippen LogP contribution in [0.15, 0.2) is 34.7 Å². The van der Waals surface area contributed by atoms with Gasteiger partial charge in [-0.05, 0) is 31.5 Å². The van der Waals surface area contributed by atoms with E-state index >= 15 is 0 Å². The van der Waals surface area contributed by atoms with Crippen LogP contribution >= 0.6 is 0 Å². The molecule has 1 aromatic carbocycles. The number of nitrogens with zero attached hydrogens (tertiary/aromatic N) is 1. The Kier molecular flexibility index (Phi) is 4.06. The van der Waals surface area contributed by atoms with Crippen LogP contribution in [-0.4, -0.2) is 16.7 Å². The topological polar surface area (TPSA) is 53.9 Å². The Morgan fingerprint density at radius 2 is 2.10 bits per heavy atom. The molecule has 110 valence electrons. The van der Waals surface area contributed by atoms with Gasteiger partial charge in [-0.25, -0.2) is 0 Å². The minimum atomic E-state index is 0.808. The summed E-state index contributed by atoms with van der Waals surface area (Å²) in [7, 11) is 0. The predicted molar refractivity (Wildman–Crippen MR) is 85.2 cm³/mol. The highest BCUT2D eigenvalue weighted by Crippen LogP contribution is 2.33. The van der Waals surface area contributed by atoms with Gasteiger partial charge < -0.3 is 9.73 Å². The first-order valence-corrected chi connectivity index (χ1v) is 7.59. The summed E-state index contributed by atoms with van der Waals surface area (Å²) in [5.41, 5.74) is 4.13. The van der Waals surface area contributed by atoms with Gasteiger partial charge in [0.2, 0.25) is 0 Å². The summed E-state index contributed by atoms with van der Waals surface area (Å²) in [6, 6.07) is 10.2. The molecule has 2 N–H and O–H groups in total. The molecule has 4 nitrogen and oxygen atoms in total. The van der Waals surface area contributed by atoms with Gasteiger partial charge in [0.15, 0.2) is 5.76 Å². The number of para-hydroxylation sites is 1. The van der Waals surface area contributed by atoms with Crippen LogP contribution in [0.25, 0.3) is 22.4 Å². The van der Waals surface area contributed by atoms with Crippen molar-refractivity contribution in [3.63, 3.8) is 0 Å². The first-order chi connectivity index (χ1) is 10.3. The molecule has 0 bridgehead atoms. The number of rotatable bonds is 6. The number of aromatic amines is 1. The molecule has 3 rings (SSSR count). The molecule has 21 heavy (non-hydrogen) atoms. The van der Waals surface area contributed by atoms with Crippen LogP contribution in [0.3, 0.4) is 0 Å². The number of nitrogens with one attached hydrogen (secondary N) is 2. The molecule has 0 fully saturated rings. The summed E-state index contributed by atoms with van der Waals surface area (Å²) < 4.78 is 6.01. The number of furan rings is 1. The molecule has 0 aliphatic heterocycles. The number of hydrogen-bond acceptors (Lipinski definition) is 3. The second kappa shape index (κ2) is 6.14. The van der Waals surface area contributed by atoms with Gasteiger partial charge in [0.05, 0.1) is 0 Å². The predicted octanol–water partition coefficient (Wildman–Crippen LogP) is 3.88. The lowest BCUT2D eigenvalue weighted by atomic mass is 10.1. The summed E-state index contributed by atoms with van der Waals surface area (Å²) in [6.45, 7) is 6.13. The average molecular weight is 283 g/mol. The maximum absolute atomic E-state index is 6.01. The molecule has 0 atom stereocenters. The molecule has 4 heteroatoms. The summed E-state index contributed by atoms with van der Waals surface area (Å²) in [5.74, 6) is 0.886. The van der Waals surface area contributed by atoms with Gasteiger partial charge in [-0.1, -0.05) is 32.0 Å². The summed E-state index contributed by atoms with van der Waals surface area (Å²) >= 11 is 0. The Labute approximate surface area is 124 Å². The van der Waals surface area contributed by atoms with E-state index in [1.54, 1.807) is 0 Å². The molecule has 0 saturated carbocycles. The smallest absolute Gasteiger partial charge is 0.158 e. The molecule has 0 saturated heterocycles. The van der Waals surface area contributed by atoms with Gasteiger partial charge in [0.1, 0.15) is 11.3 Å². The summed E-state index contributed by atoms with van der Waals surface area (Å²) in [6.07, 6.45) is 2.06. The number of fused-ring (bicyclic) bond motifs is 1. The third kappa shape index (κ3) is 2.72. The number of hydrogen-bond donors (Lipinski definition) is 2. The molecule has 0 aliphatic rings. The zero-order valence-corrected chi connectivity index (χ0v) is 12.6. The second-order valence-corrected chi connectivity index (χ2v) is 5.21. The van der Waals surface area contributed by atoms with E-state index in [9.17, 15) is 0 Å². The average Bonchev–Trinajstić information content (AvgIpc) is 3.11. The van der Waals surface area contributed by atoms with Crippen molar-refractivity contribution >= 4 is 11.0 Å². The fraction of sp³-hybridized carbons (Fsp3) is 0.353. The van der Waals surface area contributed by atoms with E-state index in [1.807, 2.05) is 18.2 Å². The Balaban J connectivity index is 1.93. The van der Waals surface area contributed by atoms with Crippen molar-refractivity contribution in [2.24, 2.45) is 0 Å². The van der Waals surface area contributed by atoms with Gasteiger partial charge in [-0.15, -0.1) is 0 Å². The molecular formula is C17H21N3O. The quantitative estimate of drug-likeness (QED) is 0.675.